The van der Waals surface area contributed by atoms with Crippen LogP contribution < -0.4 is 24.3 Å². The standard InChI is InChI=1S/C41H44N4O9S/c1-17-7-8-24-23(11-17)22-9-10-42-41(38(22)43-24)15-55-37-29-28(36-35(52-16-53-36)19(3)34(29)54-20(4)46)26(14-51-40(41)49)45-31(37)30-27-21(13-25(39(45)48)44(30)5)12-18(2)33(50-6)32(27)47/h7-8,11-12,25-26,30-31,37,39,42-43,47-48H,9-10,13-16H2,1-6H3/t25-,26-,30+,31?,37+,39-,41+/m0/s1. The zero-order chi connectivity index (χ0) is 38.2. The first-order chi connectivity index (χ1) is 26.4. The highest BCUT2D eigenvalue weighted by Gasteiger charge is 2.61. The quantitative estimate of drug-likeness (QED) is 0.168. The van der Waals surface area contributed by atoms with Crippen molar-refractivity contribution in [1.82, 2.24) is 20.1 Å². The van der Waals surface area contributed by atoms with Crippen LogP contribution in [-0.4, -0.2) is 95.1 Å². The lowest BCUT2D eigenvalue weighted by Gasteiger charge is -2.62. The maximum Gasteiger partial charge on any atom is 0.333 e. The van der Waals surface area contributed by atoms with Gasteiger partial charge in [-0.3, -0.25) is 19.9 Å². The van der Waals surface area contributed by atoms with E-state index >= 15 is 0 Å². The minimum Gasteiger partial charge on any atom is -0.504 e. The third kappa shape index (κ3) is 4.69. The van der Waals surface area contributed by atoms with Crippen molar-refractivity contribution in [3.05, 3.63) is 74.5 Å². The second kappa shape index (κ2) is 12.3. The molecule has 7 aliphatic rings. The van der Waals surface area contributed by atoms with E-state index in [4.69, 9.17) is 23.7 Å². The number of piperazine rings is 1. The molecule has 0 radical (unpaired) electrons. The van der Waals surface area contributed by atoms with Gasteiger partial charge in [-0.25, -0.2) is 4.79 Å². The van der Waals surface area contributed by atoms with E-state index in [1.54, 1.807) is 18.9 Å². The van der Waals surface area contributed by atoms with Crippen LogP contribution in [0.1, 0.15) is 74.5 Å². The summed E-state index contributed by atoms with van der Waals surface area (Å²) in [5, 5.41) is 28.8. The molecule has 2 fully saturated rings. The van der Waals surface area contributed by atoms with Gasteiger partial charge in [0.15, 0.2) is 28.5 Å². The molecule has 55 heavy (non-hydrogen) atoms. The van der Waals surface area contributed by atoms with Gasteiger partial charge >= 0.3 is 11.9 Å². The minimum absolute atomic E-state index is 0.0352. The number of hydrogen-bond donors (Lipinski definition) is 4. The number of aromatic hydroxyl groups is 1. The summed E-state index contributed by atoms with van der Waals surface area (Å²) >= 11 is 1.55. The number of fused-ring (bicyclic) bond motifs is 11. The third-order valence-electron chi connectivity index (χ3n) is 12.9. The molecule has 1 spiro atoms. The molecule has 0 aliphatic carbocycles. The van der Waals surface area contributed by atoms with Crippen molar-refractivity contribution < 1.29 is 43.5 Å². The zero-order valence-corrected chi connectivity index (χ0v) is 32.4. The van der Waals surface area contributed by atoms with E-state index in [2.05, 4.69) is 51.3 Å². The van der Waals surface area contributed by atoms with E-state index in [1.807, 2.05) is 20.9 Å². The molecule has 0 saturated carbocycles. The Hall–Kier alpha value is -4.47. The van der Waals surface area contributed by atoms with Gasteiger partial charge in [-0.2, -0.15) is 0 Å². The van der Waals surface area contributed by atoms with Gasteiger partial charge in [-0.1, -0.05) is 17.7 Å². The molecule has 4 N–H and O–H groups in total. The number of phenolic OH excluding ortho intramolecular Hbond substituents is 1. The minimum atomic E-state index is -1.24. The predicted molar refractivity (Wildman–Crippen MR) is 203 cm³/mol. The summed E-state index contributed by atoms with van der Waals surface area (Å²) in [7, 11) is 3.54. The SMILES string of the molecule is COc1c(C)cc2c(c1O)[C@@H]1C3[C@@H]4SC[C@]5(NCCc6c5[nH]c5ccc(C)cc65)C(=O)OC[C@@H](c5c6c(c(C)c(OC(C)=O)c54)OCO6)N3[C@@H](O)[C@H](C2)N1C. The van der Waals surface area contributed by atoms with Crippen LogP contribution in [-0.2, 0) is 32.7 Å². The van der Waals surface area contributed by atoms with Crippen LogP contribution in [0.5, 0.6) is 28.7 Å². The molecule has 1 unspecified atom stereocenters. The molecule has 4 bridgehead atoms. The fraction of sp³-hybridized carbons (Fsp3) is 0.463. The van der Waals surface area contributed by atoms with Crippen molar-refractivity contribution in [2.24, 2.45) is 0 Å². The Morgan fingerprint density at radius 1 is 1.07 bits per heavy atom. The number of nitrogens with zero attached hydrogens (tertiary/aromatic N) is 2. The van der Waals surface area contributed by atoms with Crippen LogP contribution in [0.25, 0.3) is 10.9 Å². The number of nitrogens with one attached hydrogen (secondary N) is 2. The van der Waals surface area contributed by atoms with Crippen LogP contribution in [0.15, 0.2) is 24.3 Å². The van der Waals surface area contributed by atoms with Crippen molar-refractivity contribution in [2.45, 2.75) is 81.7 Å². The summed E-state index contributed by atoms with van der Waals surface area (Å²) in [6.45, 7) is 7.61. The van der Waals surface area contributed by atoms with Gasteiger partial charge in [0.2, 0.25) is 6.79 Å². The van der Waals surface area contributed by atoms with Crippen LogP contribution in [0.2, 0.25) is 0 Å². The molecular formula is C41H44N4O9S. The highest BCUT2D eigenvalue weighted by molar-refractivity contribution is 7.99. The Bertz CT molecular complexity index is 2340. The van der Waals surface area contributed by atoms with Crippen molar-refractivity contribution in [3.63, 3.8) is 0 Å². The van der Waals surface area contributed by atoms with Gasteiger partial charge in [0.05, 0.1) is 36.2 Å². The molecule has 288 valence electrons. The van der Waals surface area contributed by atoms with Crippen molar-refractivity contribution in [1.29, 1.82) is 0 Å². The van der Waals surface area contributed by atoms with Gasteiger partial charge < -0.3 is 38.9 Å². The Morgan fingerprint density at radius 3 is 2.65 bits per heavy atom. The number of aromatic amines is 1. The first-order valence-corrected chi connectivity index (χ1v) is 19.9. The molecular weight excluding hydrogens is 725 g/mol. The van der Waals surface area contributed by atoms with Crippen molar-refractivity contribution >= 4 is 34.6 Å². The van der Waals surface area contributed by atoms with Gasteiger partial charge in [0.25, 0.3) is 0 Å². The topological polar surface area (TPSA) is 155 Å². The Kier molecular flexibility index (Phi) is 7.80. The number of thioether (sulfide) groups is 1. The summed E-state index contributed by atoms with van der Waals surface area (Å²) in [6, 6.07) is 6.26. The number of phenols is 1. The number of rotatable bonds is 2. The summed E-state index contributed by atoms with van der Waals surface area (Å²) in [6.07, 6.45) is 0.202. The number of carbonyl (C=O) groups excluding carboxylic acids is 2. The number of H-pyrrole nitrogens is 1. The lowest BCUT2D eigenvalue weighted by atomic mass is 9.73. The van der Waals surface area contributed by atoms with Crippen LogP contribution in [0.4, 0.5) is 0 Å². The molecule has 0 amide bonds. The molecule has 4 aromatic rings. The largest absolute Gasteiger partial charge is 0.504 e. The number of aliphatic hydroxyl groups excluding tert-OH is 1. The fourth-order valence-electron chi connectivity index (χ4n) is 10.6. The first-order valence-electron chi connectivity index (χ1n) is 18.8. The maximum absolute atomic E-state index is 14.8. The highest BCUT2D eigenvalue weighted by Crippen LogP contribution is 2.64. The highest BCUT2D eigenvalue weighted by atomic mass is 32.2. The molecule has 7 atom stereocenters. The van der Waals surface area contributed by atoms with E-state index in [0.717, 1.165) is 56.4 Å². The number of esters is 2. The lowest BCUT2D eigenvalue weighted by Crippen LogP contribution is -2.70. The number of aromatic nitrogens is 1. The molecule has 7 aliphatic heterocycles. The predicted octanol–water partition coefficient (Wildman–Crippen LogP) is 4.49. The van der Waals surface area contributed by atoms with Crippen LogP contribution in [0, 0.1) is 20.8 Å². The lowest BCUT2D eigenvalue weighted by molar-refractivity contribution is -0.186. The summed E-state index contributed by atoms with van der Waals surface area (Å²) < 4.78 is 30.7. The number of aliphatic hydroxyl groups is 1. The monoisotopic (exact) mass is 768 g/mol. The molecule has 14 heteroatoms. The van der Waals surface area contributed by atoms with E-state index in [-0.39, 0.29) is 30.9 Å². The number of benzene rings is 3. The molecule has 3 aromatic carbocycles. The number of carbonyl (C=O) groups is 2. The summed E-state index contributed by atoms with van der Waals surface area (Å²) in [5.41, 5.74) is 7.22. The van der Waals surface area contributed by atoms with Gasteiger partial charge in [0.1, 0.15) is 18.6 Å². The molecule has 11 rings (SSSR count). The van der Waals surface area contributed by atoms with Crippen molar-refractivity contribution in [3.8, 4) is 28.7 Å². The normalized spacial score (nSPS) is 29.3. The van der Waals surface area contributed by atoms with Gasteiger partial charge in [0, 0.05) is 58.4 Å². The molecule has 2 saturated heterocycles. The van der Waals surface area contributed by atoms with E-state index in [9.17, 15) is 19.8 Å². The van der Waals surface area contributed by atoms with Gasteiger partial charge in [-0.05, 0) is 69.5 Å². The third-order valence-corrected chi connectivity index (χ3v) is 14.3. The first kappa shape index (κ1) is 35.0. The number of methoxy groups -OCH3 is 1. The average Bonchev–Trinajstić information content (AvgIpc) is 3.79. The van der Waals surface area contributed by atoms with Crippen LogP contribution in [0.3, 0.4) is 0 Å². The Balaban J connectivity index is 1.24. The number of aryl methyl sites for hydroxylation is 2. The van der Waals surface area contributed by atoms with Crippen LogP contribution >= 0.6 is 11.8 Å². The number of likely N-dealkylation sites (N-methyl/N-ethyl adjacent to an activating group) is 1. The average molecular weight is 769 g/mol. The summed E-state index contributed by atoms with van der Waals surface area (Å²) in [5.74, 6) is 1.13. The smallest absolute Gasteiger partial charge is 0.333 e. The van der Waals surface area contributed by atoms with E-state index in [0.29, 0.717) is 47.1 Å². The number of ether oxygens (including phenoxy) is 5. The van der Waals surface area contributed by atoms with Gasteiger partial charge in [-0.15, -0.1) is 11.8 Å². The Morgan fingerprint density at radius 2 is 1.87 bits per heavy atom. The summed E-state index contributed by atoms with van der Waals surface area (Å²) in [4.78, 5) is 35.6. The molecule has 8 heterocycles. The maximum atomic E-state index is 14.8. The number of hydrogen-bond acceptors (Lipinski definition) is 13. The van der Waals surface area contributed by atoms with E-state index in [1.165, 1.54) is 6.92 Å². The fourth-order valence-corrected chi connectivity index (χ4v) is 12.3. The second-order valence-corrected chi connectivity index (χ2v) is 16.9. The second-order valence-electron chi connectivity index (χ2n) is 15.8. The Labute approximate surface area is 322 Å². The van der Waals surface area contributed by atoms with E-state index < -0.39 is 47.1 Å². The molecule has 13 nitrogen and oxygen atoms in total. The molecule has 1 aromatic heterocycles. The van der Waals surface area contributed by atoms with Crippen molar-refractivity contribution in [2.75, 3.05) is 39.9 Å². The zero-order valence-electron chi connectivity index (χ0n) is 31.6.